The molecule has 3 rings (SSSR count). The van der Waals surface area contributed by atoms with Gasteiger partial charge in [0.1, 0.15) is 17.2 Å². The molecule has 1 unspecified atom stereocenters. The number of benzene rings is 3. The Morgan fingerprint density at radius 3 is 1.43 bits per heavy atom. The molecule has 0 spiro atoms. The summed E-state index contributed by atoms with van der Waals surface area (Å²) in [7, 11) is 4.83. The van der Waals surface area contributed by atoms with Gasteiger partial charge in [0.15, 0.2) is 5.60 Å². The van der Waals surface area contributed by atoms with Crippen LogP contribution in [0.15, 0.2) is 78.9 Å². The van der Waals surface area contributed by atoms with E-state index in [-0.39, 0.29) is 0 Å². The maximum absolute atomic E-state index is 11.3. The predicted molar refractivity (Wildman–Crippen MR) is 119 cm³/mol. The second kappa shape index (κ2) is 9.21. The number of methoxy groups -OCH3 is 3. The van der Waals surface area contributed by atoms with Crippen molar-refractivity contribution in [3.63, 3.8) is 0 Å². The zero-order chi connectivity index (χ0) is 21.6. The highest BCUT2D eigenvalue weighted by Crippen LogP contribution is 2.33. The van der Waals surface area contributed by atoms with Crippen LogP contribution in [0.2, 0.25) is 0 Å². The summed E-state index contributed by atoms with van der Waals surface area (Å²) < 4.78 is 15.7. The lowest BCUT2D eigenvalue weighted by molar-refractivity contribution is 0.155. The third-order valence-corrected chi connectivity index (χ3v) is 4.91. The first-order chi connectivity index (χ1) is 14.5. The number of hydrogen-bond acceptors (Lipinski definition) is 4. The van der Waals surface area contributed by atoms with Crippen LogP contribution in [-0.4, -0.2) is 26.4 Å². The number of ether oxygens (including phenoxy) is 3. The maximum atomic E-state index is 11.3. The summed E-state index contributed by atoms with van der Waals surface area (Å²) in [4.78, 5) is 0. The van der Waals surface area contributed by atoms with Crippen molar-refractivity contribution in [2.24, 2.45) is 0 Å². The lowest BCUT2D eigenvalue weighted by Crippen LogP contribution is -2.21. The quantitative estimate of drug-likeness (QED) is 0.586. The van der Waals surface area contributed by atoms with Gasteiger partial charge in [-0.3, -0.25) is 0 Å². The van der Waals surface area contributed by atoms with E-state index in [1.807, 2.05) is 48.5 Å². The Morgan fingerprint density at radius 2 is 1.10 bits per heavy atom. The molecule has 1 N–H and O–H groups in total. The van der Waals surface area contributed by atoms with Gasteiger partial charge in [-0.25, -0.2) is 0 Å². The molecule has 4 heteroatoms. The predicted octanol–water partition coefficient (Wildman–Crippen LogP) is 4.67. The van der Waals surface area contributed by atoms with Crippen molar-refractivity contribution in [1.82, 2.24) is 0 Å². The lowest BCUT2D eigenvalue weighted by Gasteiger charge is -2.22. The summed E-state index contributed by atoms with van der Waals surface area (Å²) in [6.07, 6.45) is 7.48. The van der Waals surface area contributed by atoms with Gasteiger partial charge in [-0.1, -0.05) is 42.3 Å². The minimum absolute atomic E-state index is 0.574. The first kappa shape index (κ1) is 21.0. The molecule has 0 amide bonds. The largest absolute Gasteiger partial charge is 0.497 e. The zero-order valence-electron chi connectivity index (χ0n) is 17.3. The minimum Gasteiger partial charge on any atom is -0.497 e. The molecule has 0 aliphatic heterocycles. The van der Waals surface area contributed by atoms with E-state index < -0.39 is 5.60 Å². The van der Waals surface area contributed by atoms with E-state index >= 15 is 0 Å². The Bertz CT molecular complexity index is 993. The van der Waals surface area contributed by atoms with Crippen LogP contribution in [0.1, 0.15) is 16.7 Å². The summed E-state index contributed by atoms with van der Waals surface area (Å²) >= 11 is 0. The number of terminal acetylenes is 1. The third-order valence-electron chi connectivity index (χ3n) is 4.91. The number of hydrogen-bond donors (Lipinski definition) is 1. The molecule has 0 radical (unpaired) electrons. The normalized spacial score (nSPS) is 12.2. The molecule has 3 aromatic rings. The van der Waals surface area contributed by atoms with Crippen molar-refractivity contribution in [2.45, 2.75) is 5.60 Å². The Balaban J connectivity index is 2.14. The fraction of sp³-hybridized carbons (Fsp3) is 0.154. The Morgan fingerprint density at radius 1 is 0.733 bits per heavy atom. The van der Waals surface area contributed by atoms with E-state index in [4.69, 9.17) is 20.6 Å². The topological polar surface area (TPSA) is 47.9 Å². The van der Waals surface area contributed by atoms with Crippen molar-refractivity contribution in [3.8, 4) is 29.6 Å². The van der Waals surface area contributed by atoms with Crippen molar-refractivity contribution in [2.75, 3.05) is 21.3 Å². The smallest absolute Gasteiger partial charge is 0.170 e. The van der Waals surface area contributed by atoms with Crippen molar-refractivity contribution >= 4 is 5.57 Å². The van der Waals surface area contributed by atoms with Gasteiger partial charge in [-0.2, -0.15) is 0 Å². The Hall–Kier alpha value is -3.68. The average Bonchev–Trinajstić information content (AvgIpc) is 2.82. The van der Waals surface area contributed by atoms with Crippen molar-refractivity contribution in [1.29, 1.82) is 0 Å². The van der Waals surface area contributed by atoms with Gasteiger partial charge in [0.05, 0.1) is 21.3 Å². The molecule has 0 aliphatic carbocycles. The molecule has 0 aliphatic rings. The molecule has 3 aromatic carbocycles. The SMILES string of the molecule is C#CC(O)(C=C(c1ccc(OC)cc1)c1ccc(OC)cc1)c1ccc(OC)cc1. The van der Waals surface area contributed by atoms with Crippen LogP contribution < -0.4 is 14.2 Å². The van der Waals surface area contributed by atoms with Crippen LogP contribution in [0.25, 0.3) is 5.57 Å². The number of rotatable bonds is 7. The molecular formula is C26H24O4. The molecule has 0 bridgehead atoms. The zero-order valence-corrected chi connectivity index (χ0v) is 17.3. The van der Waals surface area contributed by atoms with E-state index in [2.05, 4.69) is 5.92 Å². The maximum Gasteiger partial charge on any atom is 0.170 e. The van der Waals surface area contributed by atoms with Crippen LogP contribution in [-0.2, 0) is 5.60 Å². The second-order valence-corrected chi connectivity index (χ2v) is 6.65. The van der Waals surface area contributed by atoms with Crippen molar-refractivity contribution < 1.29 is 19.3 Å². The summed E-state index contributed by atoms with van der Waals surface area (Å²) in [5.41, 5.74) is 1.54. The van der Waals surface area contributed by atoms with Gasteiger partial charge in [0.25, 0.3) is 0 Å². The molecule has 152 valence electrons. The summed E-state index contributed by atoms with van der Waals surface area (Å²) in [6, 6.07) is 22.3. The van der Waals surface area contributed by atoms with Crippen LogP contribution in [0.4, 0.5) is 0 Å². The molecule has 0 fully saturated rings. The highest BCUT2D eigenvalue weighted by molar-refractivity contribution is 5.81. The third kappa shape index (κ3) is 4.48. The molecule has 0 saturated carbocycles. The summed E-state index contributed by atoms with van der Waals surface area (Å²) in [5, 5.41) is 11.3. The van der Waals surface area contributed by atoms with Gasteiger partial charge in [-0.15, -0.1) is 6.42 Å². The van der Waals surface area contributed by atoms with Gasteiger partial charge >= 0.3 is 0 Å². The minimum atomic E-state index is -1.61. The molecule has 1 atom stereocenters. The van der Waals surface area contributed by atoms with Crippen LogP contribution in [0, 0.1) is 12.3 Å². The molecule has 0 heterocycles. The monoisotopic (exact) mass is 400 g/mol. The molecule has 4 nitrogen and oxygen atoms in total. The van der Waals surface area contributed by atoms with Gasteiger partial charge < -0.3 is 19.3 Å². The molecular weight excluding hydrogens is 376 g/mol. The highest BCUT2D eigenvalue weighted by atomic mass is 16.5. The first-order valence-electron chi connectivity index (χ1n) is 9.39. The summed E-state index contributed by atoms with van der Waals surface area (Å²) in [5.74, 6) is 4.72. The number of aliphatic hydroxyl groups is 1. The molecule has 0 aromatic heterocycles. The molecule has 30 heavy (non-hydrogen) atoms. The standard InChI is InChI=1S/C26H24O4/c1-5-26(27,21-10-16-24(30-4)17-11-21)18-25(19-6-12-22(28-2)13-7-19)20-8-14-23(29-3)15-9-20/h1,6-18,27H,2-4H3. The summed E-state index contributed by atoms with van der Waals surface area (Å²) in [6.45, 7) is 0. The Kier molecular flexibility index (Phi) is 6.46. The average molecular weight is 400 g/mol. The fourth-order valence-electron chi connectivity index (χ4n) is 3.14. The highest BCUT2D eigenvalue weighted by Gasteiger charge is 2.26. The van der Waals surface area contributed by atoms with E-state index in [0.29, 0.717) is 11.3 Å². The Labute approximate surface area is 177 Å². The fourth-order valence-corrected chi connectivity index (χ4v) is 3.14. The second-order valence-electron chi connectivity index (χ2n) is 6.65. The van der Waals surface area contributed by atoms with E-state index in [1.54, 1.807) is 51.7 Å². The van der Waals surface area contributed by atoms with E-state index in [9.17, 15) is 5.11 Å². The van der Waals surface area contributed by atoms with Gasteiger partial charge in [0, 0.05) is 5.56 Å². The first-order valence-corrected chi connectivity index (χ1v) is 9.39. The van der Waals surface area contributed by atoms with Crippen molar-refractivity contribution in [3.05, 3.63) is 95.6 Å². The van der Waals surface area contributed by atoms with Crippen LogP contribution >= 0.6 is 0 Å². The lowest BCUT2D eigenvalue weighted by atomic mass is 9.87. The van der Waals surface area contributed by atoms with E-state index in [0.717, 1.165) is 28.2 Å². The van der Waals surface area contributed by atoms with Gasteiger partial charge in [-0.05, 0) is 59.2 Å². The van der Waals surface area contributed by atoms with Gasteiger partial charge in [0.2, 0.25) is 0 Å². The van der Waals surface area contributed by atoms with E-state index in [1.165, 1.54) is 0 Å². The molecule has 0 saturated heterocycles. The van der Waals surface area contributed by atoms with Crippen LogP contribution in [0.3, 0.4) is 0 Å². The van der Waals surface area contributed by atoms with Crippen LogP contribution in [0.5, 0.6) is 17.2 Å².